The quantitative estimate of drug-likeness (QED) is 0.655. The number of halogens is 1. The van der Waals surface area contributed by atoms with Gasteiger partial charge in [-0.05, 0) is 31.7 Å². The van der Waals surface area contributed by atoms with Crippen LogP contribution in [0.2, 0.25) is 0 Å². The third-order valence-corrected chi connectivity index (χ3v) is 3.04. The SMILES string of the molecule is CC(C)(F)C1C(CN)C1(C)C. The van der Waals surface area contributed by atoms with Crippen molar-refractivity contribution in [3.05, 3.63) is 0 Å². The van der Waals surface area contributed by atoms with Crippen LogP contribution in [0.3, 0.4) is 0 Å². The van der Waals surface area contributed by atoms with E-state index in [1.165, 1.54) is 0 Å². The molecule has 0 aromatic heterocycles. The van der Waals surface area contributed by atoms with Crippen LogP contribution >= 0.6 is 0 Å². The van der Waals surface area contributed by atoms with Gasteiger partial charge in [0.2, 0.25) is 0 Å². The summed E-state index contributed by atoms with van der Waals surface area (Å²) in [4.78, 5) is 0. The first-order valence-electron chi connectivity index (χ1n) is 4.20. The van der Waals surface area contributed by atoms with Crippen LogP contribution in [-0.4, -0.2) is 12.2 Å². The highest BCUT2D eigenvalue weighted by molar-refractivity contribution is 5.11. The van der Waals surface area contributed by atoms with E-state index in [0.717, 1.165) is 0 Å². The van der Waals surface area contributed by atoms with Crippen molar-refractivity contribution in [2.45, 2.75) is 33.4 Å². The Bertz CT molecular complexity index is 157. The number of hydrogen-bond acceptors (Lipinski definition) is 1. The molecule has 2 atom stereocenters. The zero-order valence-corrected chi connectivity index (χ0v) is 7.82. The second-order valence-electron chi connectivity index (χ2n) is 4.71. The normalized spacial score (nSPS) is 35.5. The first-order valence-corrected chi connectivity index (χ1v) is 4.20. The molecule has 0 bridgehead atoms. The zero-order chi connectivity index (χ0) is 8.86. The molecule has 1 nitrogen and oxygen atoms in total. The van der Waals surface area contributed by atoms with E-state index in [2.05, 4.69) is 13.8 Å². The fourth-order valence-corrected chi connectivity index (χ4v) is 2.55. The summed E-state index contributed by atoms with van der Waals surface area (Å²) in [5, 5.41) is 0. The average Bonchev–Trinajstić information content (AvgIpc) is 2.31. The fourth-order valence-electron chi connectivity index (χ4n) is 2.55. The van der Waals surface area contributed by atoms with E-state index in [0.29, 0.717) is 12.5 Å². The van der Waals surface area contributed by atoms with Crippen LogP contribution in [0.4, 0.5) is 4.39 Å². The first kappa shape index (κ1) is 8.98. The van der Waals surface area contributed by atoms with Crippen LogP contribution < -0.4 is 5.73 Å². The van der Waals surface area contributed by atoms with Gasteiger partial charge in [-0.2, -0.15) is 0 Å². The smallest absolute Gasteiger partial charge is 0.109 e. The Balaban J connectivity index is 2.66. The minimum atomic E-state index is -1.06. The Labute approximate surface area is 68.2 Å². The van der Waals surface area contributed by atoms with Gasteiger partial charge in [0, 0.05) is 5.92 Å². The molecular formula is C9H18FN. The van der Waals surface area contributed by atoms with Gasteiger partial charge in [0.1, 0.15) is 5.67 Å². The number of rotatable bonds is 2. The molecule has 1 saturated carbocycles. The highest BCUT2D eigenvalue weighted by Gasteiger charge is 2.63. The zero-order valence-electron chi connectivity index (χ0n) is 7.82. The molecule has 0 saturated heterocycles. The van der Waals surface area contributed by atoms with Gasteiger partial charge < -0.3 is 5.73 Å². The molecule has 0 amide bonds. The van der Waals surface area contributed by atoms with E-state index >= 15 is 0 Å². The second-order valence-corrected chi connectivity index (χ2v) is 4.71. The third-order valence-electron chi connectivity index (χ3n) is 3.04. The lowest BCUT2D eigenvalue weighted by Gasteiger charge is -2.15. The monoisotopic (exact) mass is 159 g/mol. The lowest BCUT2D eigenvalue weighted by Crippen LogP contribution is -2.19. The highest BCUT2D eigenvalue weighted by Crippen LogP contribution is 2.63. The number of alkyl halides is 1. The van der Waals surface area contributed by atoms with E-state index in [9.17, 15) is 4.39 Å². The highest BCUT2D eigenvalue weighted by atomic mass is 19.1. The average molecular weight is 159 g/mol. The second kappa shape index (κ2) is 2.19. The van der Waals surface area contributed by atoms with Crippen molar-refractivity contribution in [3.63, 3.8) is 0 Å². The van der Waals surface area contributed by atoms with E-state index in [4.69, 9.17) is 5.73 Å². The predicted octanol–water partition coefficient (Wildman–Crippen LogP) is 1.97. The maximum absolute atomic E-state index is 13.5. The summed E-state index contributed by atoms with van der Waals surface area (Å²) in [6, 6.07) is 0. The standard InChI is InChI=1S/C9H18FN/c1-8(2)6(5-11)7(8)9(3,4)10/h6-7H,5,11H2,1-4H3. The molecule has 0 aliphatic heterocycles. The molecule has 1 aliphatic carbocycles. The van der Waals surface area contributed by atoms with Crippen LogP contribution in [0.25, 0.3) is 0 Å². The van der Waals surface area contributed by atoms with Crippen LogP contribution in [-0.2, 0) is 0 Å². The summed E-state index contributed by atoms with van der Waals surface area (Å²) in [6.07, 6.45) is 0. The van der Waals surface area contributed by atoms with Gasteiger partial charge in [0.25, 0.3) is 0 Å². The molecule has 2 heteroatoms. The summed E-state index contributed by atoms with van der Waals surface area (Å²) in [7, 11) is 0. The lowest BCUT2D eigenvalue weighted by atomic mass is 9.98. The van der Waals surface area contributed by atoms with Crippen LogP contribution in [0.5, 0.6) is 0 Å². The molecule has 0 heterocycles. The van der Waals surface area contributed by atoms with E-state index in [1.807, 2.05) is 0 Å². The molecule has 1 aliphatic rings. The first-order chi connectivity index (χ1) is 4.81. The molecule has 1 rings (SSSR count). The van der Waals surface area contributed by atoms with Gasteiger partial charge in [0.05, 0.1) is 0 Å². The summed E-state index contributed by atoms with van der Waals surface area (Å²) < 4.78 is 13.5. The van der Waals surface area contributed by atoms with E-state index < -0.39 is 5.67 Å². The van der Waals surface area contributed by atoms with Crippen molar-refractivity contribution in [1.82, 2.24) is 0 Å². The molecule has 0 radical (unpaired) electrons. The molecule has 11 heavy (non-hydrogen) atoms. The van der Waals surface area contributed by atoms with Crippen molar-refractivity contribution in [1.29, 1.82) is 0 Å². The fraction of sp³-hybridized carbons (Fsp3) is 1.00. The summed E-state index contributed by atoms with van der Waals surface area (Å²) in [5.74, 6) is 0.530. The molecule has 2 unspecified atom stereocenters. The van der Waals surface area contributed by atoms with Gasteiger partial charge in [-0.15, -0.1) is 0 Å². The summed E-state index contributed by atoms with van der Waals surface area (Å²) in [5.41, 5.74) is 4.59. The largest absolute Gasteiger partial charge is 0.330 e. The molecule has 0 aromatic rings. The summed E-state index contributed by atoms with van der Waals surface area (Å²) in [6.45, 7) is 8.10. The topological polar surface area (TPSA) is 26.0 Å². The Morgan fingerprint density at radius 3 is 2.00 bits per heavy atom. The van der Waals surface area contributed by atoms with Gasteiger partial charge in [-0.3, -0.25) is 0 Å². The molecule has 0 aromatic carbocycles. The van der Waals surface area contributed by atoms with Gasteiger partial charge >= 0.3 is 0 Å². The predicted molar refractivity (Wildman–Crippen MR) is 45.0 cm³/mol. The maximum Gasteiger partial charge on any atom is 0.109 e. The van der Waals surface area contributed by atoms with E-state index in [-0.39, 0.29) is 11.3 Å². The van der Waals surface area contributed by atoms with E-state index in [1.54, 1.807) is 13.8 Å². The molecule has 0 spiro atoms. The van der Waals surface area contributed by atoms with Crippen molar-refractivity contribution in [3.8, 4) is 0 Å². The van der Waals surface area contributed by atoms with Gasteiger partial charge in [-0.1, -0.05) is 13.8 Å². The Kier molecular flexibility index (Phi) is 1.79. The van der Waals surface area contributed by atoms with Crippen molar-refractivity contribution >= 4 is 0 Å². The Hall–Kier alpha value is -0.110. The van der Waals surface area contributed by atoms with Crippen LogP contribution in [0, 0.1) is 17.3 Å². The van der Waals surface area contributed by atoms with Crippen LogP contribution in [0.1, 0.15) is 27.7 Å². The van der Waals surface area contributed by atoms with Crippen molar-refractivity contribution in [2.24, 2.45) is 23.0 Å². The van der Waals surface area contributed by atoms with Gasteiger partial charge in [-0.25, -0.2) is 4.39 Å². The lowest BCUT2D eigenvalue weighted by molar-refractivity contribution is 0.159. The minimum Gasteiger partial charge on any atom is -0.330 e. The molecule has 2 N–H and O–H groups in total. The molecule has 66 valence electrons. The van der Waals surface area contributed by atoms with Crippen molar-refractivity contribution < 1.29 is 4.39 Å². The molecule has 1 fully saturated rings. The Morgan fingerprint density at radius 2 is 1.91 bits per heavy atom. The maximum atomic E-state index is 13.5. The number of hydrogen-bond donors (Lipinski definition) is 1. The van der Waals surface area contributed by atoms with Crippen LogP contribution in [0.15, 0.2) is 0 Å². The summed E-state index contributed by atoms with van der Waals surface area (Å²) >= 11 is 0. The molecular weight excluding hydrogens is 141 g/mol. The third kappa shape index (κ3) is 1.28. The number of nitrogens with two attached hydrogens (primary N) is 1. The Morgan fingerprint density at radius 1 is 1.45 bits per heavy atom. The van der Waals surface area contributed by atoms with Gasteiger partial charge in [0.15, 0.2) is 0 Å². The minimum absolute atomic E-state index is 0.118. The van der Waals surface area contributed by atoms with Crippen molar-refractivity contribution in [2.75, 3.05) is 6.54 Å².